The van der Waals surface area contributed by atoms with Crippen LogP contribution in [0.25, 0.3) is 0 Å². The maximum Gasteiger partial charge on any atom is 0.141 e. The number of hydrogen-bond acceptors (Lipinski definition) is 1. The fourth-order valence-electron chi connectivity index (χ4n) is 1.77. The highest BCUT2D eigenvalue weighted by Crippen LogP contribution is 2.29. The Kier molecular flexibility index (Phi) is 4.56. The smallest absolute Gasteiger partial charge is 0.141 e. The molecule has 0 amide bonds. The van der Waals surface area contributed by atoms with Gasteiger partial charge in [0.15, 0.2) is 0 Å². The first-order valence-corrected chi connectivity index (χ1v) is 6.77. The Morgan fingerprint density at radius 1 is 1.00 bits per heavy atom. The van der Waals surface area contributed by atoms with Crippen molar-refractivity contribution < 1.29 is 4.39 Å². The SMILES string of the molecule is CC(Nc1ccc(F)c(Cl)c1)c1ccc(Cl)cc1Cl. The van der Waals surface area contributed by atoms with Gasteiger partial charge in [0.1, 0.15) is 5.82 Å². The molecule has 0 aliphatic heterocycles. The lowest BCUT2D eigenvalue weighted by Gasteiger charge is -2.17. The summed E-state index contributed by atoms with van der Waals surface area (Å²) in [5.74, 6) is -0.440. The van der Waals surface area contributed by atoms with E-state index in [0.29, 0.717) is 10.0 Å². The van der Waals surface area contributed by atoms with Crippen LogP contribution in [-0.4, -0.2) is 0 Å². The summed E-state index contributed by atoms with van der Waals surface area (Å²) in [7, 11) is 0. The van der Waals surface area contributed by atoms with Gasteiger partial charge in [-0.2, -0.15) is 0 Å². The topological polar surface area (TPSA) is 12.0 Å². The largest absolute Gasteiger partial charge is 0.378 e. The summed E-state index contributed by atoms with van der Waals surface area (Å²) in [6.45, 7) is 1.95. The van der Waals surface area contributed by atoms with Crippen LogP contribution in [0.15, 0.2) is 36.4 Å². The molecule has 0 radical (unpaired) electrons. The molecule has 0 heterocycles. The van der Waals surface area contributed by atoms with Gasteiger partial charge in [0.05, 0.1) is 5.02 Å². The van der Waals surface area contributed by atoms with Crippen LogP contribution in [0.4, 0.5) is 10.1 Å². The van der Waals surface area contributed by atoms with Gasteiger partial charge in [-0.3, -0.25) is 0 Å². The molecule has 1 unspecified atom stereocenters. The number of anilines is 1. The molecule has 1 nitrogen and oxygen atoms in total. The van der Waals surface area contributed by atoms with E-state index in [1.54, 1.807) is 18.2 Å². The van der Waals surface area contributed by atoms with Crippen molar-refractivity contribution in [1.29, 1.82) is 0 Å². The molecule has 2 rings (SSSR count). The lowest BCUT2D eigenvalue weighted by Crippen LogP contribution is -2.07. The highest BCUT2D eigenvalue weighted by molar-refractivity contribution is 6.35. The van der Waals surface area contributed by atoms with Gasteiger partial charge in [-0.1, -0.05) is 40.9 Å². The van der Waals surface area contributed by atoms with Gasteiger partial charge < -0.3 is 5.32 Å². The maximum atomic E-state index is 13.1. The van der Waals surface area contributed by atoms with E-state index in [4.69, 9.17) is 34.8 Å². The zero-order valence-corrected chi connectivity index (χ0v) is 12.3. The molecule has 2 aromatic rings. The van der Waals surface area contributed by atoms with E-state index in [1.165, 1.54) is 12.1 Å². The predicted molar refractivity (Wildman–Crippen MR) is 79.9 cm³/mol. The van der Waals surface area contributed by atoms with Gasteiger partial charge in [-0.15, -0.1) is 0 Å². The minimum Gasteiger partial charge on any atom is -0.378 e. The molecule has 1 N–H and O–H groups in total. The third-order valence-electron chi connectivity index (χ3n) is 2.73. The first-order chi connectivity index (χ1) is 8.97. The molecule has 0 saturated heterocycles. The summed E-state index contributed by atoms with van der Waals surface area (Å²) in [5.41, 5.74) is 1.64. The van der Waals surface area contributed by atoms with Crippen LogP contribution in [-0.2, 0) is 0 Å². The average molecular weight is 319 g/mol. The van der Waals surface area contributed by atoms with Gasteiger partial charge in [-0.05, 0) is 42.8 Å². The van der Waals surface area contributed by atoms with E-state index in [9.17, 15) is 4.39 Å². The first-order valence-electron chi connectivity index (χ1n) is 5.64. The van der Waals surface area contributed by atoms with Crippen LogP contribution in [0.2, 0.25) is 15.1 Å². The Hall–Kier alpha value is -0.960. The van der Waals surface area contributed by atoms with Crippen molar-refractivity contribution in [2.45, 2.75) is 13.0 Å². The summed E-state index contributed by atoms with van der Waals surface area (Å²) in [6.07, 6.45) is 0. The number of benzene rings is 2. The number of nitrogens with one attached hydrogen (secondary N) is 1. The quantitative estimate of drug-likeness (QED) is 0.736. The Morgan fingerprint density at radius 3 is 2.37 bits per heavy atom. The van der Waals surface area contributed by atoms with Crippen LogP contribution in [0.1, 0.15) is 18.5 Å². The molecular weight excluding hydrogens is 308 g/mol. The minimum atomic E-state index is -0.440. The molecule has 0 saturated carbocycles. The molecule has 1 atom stereocenters. The van der Waals surface area contributed by atoms with Gasteiger partial charge in [0.25, 0.3) is 0 Å². The van der Waals surface area contributed by atoms with Crippen molar-refractivity contribution in [1.82, 2.24) is 0 Å². The third-order valence-corrected chi connectivity index (χ3v) is 3.58. The van der Waals surface area contributed by atoms with Crippen molar-refractivity contribution in [3.63, 3.8) is 0 Å². The molecular formula is C14H11Cl3FN. The molecule has 2 aromatic carbocycles. The molecule has 0 fully saturated rings. The van der Waals surface area contributed by atoms with Gasteiger partial charge in [0.2, 0.25) is 0 Å². The van der Waals surface area contributed by atoms with Crippen LogP contribution in [0.5, 0.6) is 0 Å². The molecule has 19 heavy (non-hydrogen) atoms. The second-order valence-corrected chi connectivity index (χ2v) is 5.41. The van der Waals surface area contributed by atoms with Crippen molar-refractivity contribution in [2.75, 3.05) is 5.32 Å². The Bertz CT molecular complexity index is 601. The summed E-state index contributed by atoms with van der Waals surface area (Å²) in [5, 5.41) is 4.46. The van der Waals surface area contributed by atoms with E-state index in [0.717, 1.165) is 11.3 Å². The summed E-state index contributed by atoms with van der Waals surface area (Å²) in [4.78, 5) is 0. The first kappa shape index (κ1) is 14.4. The fraction of sp³-hybridized carbons (Fsp3) is 0.143. The third kappa shape index (κ3) is 3.53. The zero-order chi connectivity index (χ0) is 14.0. The molecule has 0 aromatic heterocycles. The Morgan fingerprint density at radius 2 is 1.74 bits per heavy atom. The molecule has 100 valence electrons. The Labute approximate surface area is 126 Å². The Balaban J connectivity index is 2.20. The molecule has 0 aliphatic rings. The average Bonchev–Trinajstić information content (AvgIpc) is 2.33. The molecule has 0 bridgehead atoms. The van der Waals surface area contributed by atoms with Gasteiger partial charge in [-0.25, -0.2) is 4.39 Å². The van der Waals surface area contributed by atoms with Crippen LogP contribution < -0.4 is 5.32 Å². The highest BCUT2D eigenvalue weighted by Gasteiger charge is 2.10. The molecule has 0 spiro atoms. The second-order valence-electron chi connectivity index (χ2n) is 4.16. The van der Waals surface area contributed by atoms with E-state index in [1.807, 2.05) is 13.0 Å². The van der Waals surface area contributed by atoms with E-state index < -0.39 is 5.82 Å². The normalized spacial score (nSPS) is 12.3. The maximum absolute atomic E-state index is 13.1. The summed E-state index contributed by atoms with van der Waals surface area (Å²) < 4.78 is 13.1. The standard InChI is InChI=1S/C14H11Cl3FN/c1-8(11-4-2-9(15)6-12(11)16)19-10-3-5-14(18)13(17)7-10/h2-8,19H,1H3. The van der Waals surface area contributed by atoms with Crippen LogP contribution in [0.3, 0.4) is 0 Å². The van der Waals surface area contributed by atoms with Crippen LogP contribution >= 0.6 is 34.8 Å². The fourth-order valence-corrected chi connectivity index (χ4v) is 2.52. The summed E-state index contributed by atoms with van der Waals surface area (Å²) in [6, 6.07) is 9.76. The zero-order valence-electron chi connectivity index (χ0n) is 10.1. The molecule has 5 heteroatoms. The minimum absolute atomic E-state index is 0.0497. The van der Waals surface area contributed by atoms with Gasteiger partial charge in [0, 0.05) is 21.8 Å². The van der Waals surface area contributed by atoms with E-state index in [-0.39, 0.29) is 11.1 Å². The predicted octanol–water partition coefficient (Wildman–Crippen LogP) is 5.96. The van der Waals surface area contributed by atoms with Crippen molar-refractivity contribution in [2.24, 2.45) is 0 Å². The number of rotatable bonds is 3. The monoisotopic (exact) mass is 317 g/mol. The molecule has 0 aliphatic carbocycles. The van der Waals surface area contributed by atoms with Crippen molar-refractivity contribution in [3.8, 4) is 0 Å². The van der Waals surface area contributed by atoms with Crippen molar-refractivity contribution >= 4 is 40.5 Å². The number of hydrogen-bond donors (Lipinski definition) is 1. The lowest BCUT2D eigenvalue weighted by molar-refractivity contribution is 0.628. The second kappa shape index (κ2) is 6.00. The number of halogens is 4. The highest BCUT2D eigenvalue weighted by atomic mass is 35.5. The van der Waals surface area contributed by atoms with Crippen LogP contribution in [0, 0.1) is 5.82 Å². The van der Waals surface area contributed by atoms with E-state index >= 15 is 0 Å². The van der Waals surface area contributed by atoms with Crippen molar-refractivity contribution in [3.05, 3.63) is 62.8 Å². The van der Waals surface area contributed by atoms with E-state index in [2.05, 4.69) is 5.32 Å². The lowest BCUT2D eigenvalue weighted by atomic mass is 10.1. The summed E-state index contributed by atoms with van der Waals surface area (Å²) >= 11 is 17.7. The van der Waals surface area contributed by atoms with Gasteiger partial charge >= 0.3 is 0 Å².